The van der Waals surface area contributed by atoms with E-state index in [1.165, 1.54) is 5.56 Å². The molecule has 6 nitrogen and oxygen atoms in total. The molecule has 0 aliphatic rings. The molecule has 3 unspecified atom stereocenters. The van der Waals surface area contributed by atoms with Crippen LogP contribution < -0.4 is 20.1 Å². The second-order valence-corrected chi connectivity index (χ2v) is 7.01. The quantitative estimate of drug-likeness (QED) is 0.260. The molecular formula is C23H34IN3O3. The molecule has 2 rings (SSSR count). The third-order valence-corrected chi connectivity index (χ3v) is 4.96. The maximum atomic E-state index is 10.6. The van der Waals surface area contributed by atoms with Gasteiger partial charge in [-0.05, 0) is 37.1 Å². The Morgan fingerprint density at radius 3 is 2.13 bits per heavy atom. The molecular weight excluding hydrogens is 493 g/mol. The van der Waals surface area contributed by atoms with Gasteiger partial charge in [0.05, 0.1) is 26.9 Å². The molecule has 7 heteroatoms. The number of rotatable bonds is 9. The number of benzene rings is 2. The van der Waals surface area contributed by atoms with Crippen molar-refractivity contribution in [1.82, 2.24) is 10.6 Å². The van der Waals surface area contributed by atoms with Crippen molar-refractivity contribution in [3.05, 3.63) is 59.7 Å². The predicted molar refractivity (Wildman–Crippen MR) is 133 cm³/mol. The second-order valence-electron chi connectivity index (χ2n) is 7.01. The fourth-order valence-corrected chi connectivity index (χ4v) is 3.01. The fourth-order valence-electron chi connectivity index (χ4n) is 3.01. The van der Waals surface area contributed by atoms with Crippen molar-refractivity contribution in [2.75, 3.05) is 27.3 Å². The first-order chi connectivity index (χ1) is 14.0. The summed E-state index contributed by atoms with van der Waals surface area (Å²) in [6, 6.07) is 15.9. The van der Waals surface area contributed by atoms with Gasteiger partial charge >= 0.3 is 0 Å². The monoisotopic (exact) mass is 527 g/mol. The van der Waals surface area contributed by atoms with Crippen LogP contribution >= 0.6 is 24.0 Å². The van der Waals surface area contributed by atoms with E-state index >= 15 is 0 Å². The molecule has 2 aromatic rings. The van der Waals surface area contributed by atoms with Gasteiger partial charge in [-0.2, -0.15) is 0 Å². The molecule has 0 aromatic heterocycles. The minimum Gasteiger partial charge on any atom is -0.497 e. The fraction of sp³-hybridized carbons (Fsp3) is 0.435. The Bertz CT molecular complexity index is 764. The minimum absolute atomic E-state index is 0. The van der Waals surface area contributed by atoms with Gasteiger partial charge in [-0.3, -0.25) is 4.99 Å². The molecule has 0 spiro atoms. The number of halogens is 1. The molecule has 0 saturated carbocycles. The minimum atomic E-state index is -0.767. The zero-order valence-electron chi connectivity index (χ0n) is 18.4. The van der Waals surface area contributed by atoms with Crippen LogP contribution in [0.2, 0.25) is 0 Å². The summed E-state index contributed by atoms with van der Waals surface area (Å²) < 4.78 is 10.6. The zero-order valence-corrected chi connectivity index (χ0v) is 20.7. The number of nitrogens with zero attached hydrogens (tertiary/aromatic N) is 1. The molecule has 0 aliphatic carbocycles. The van der Waals surface area contributed by atoms with E-state index in [2.05, 4.69) is 53.7 Å². The van der Waals surface area contributed by atoms with Gasteiger partial charge in [0, 0.05) is 24.6 Å². The van der Waals surface area contributed by atoms with E-state index < -0.39 is 6.10 Å². The normalized spacial score (nSPS) is 14.1. The summed E-state index contributed by atoms with van der Waals surface area (Å²) in [6.45, 7) is 7.30. The second kappa shape index (κ2) is 13.3. The summed E-state index contributed by atoms with van der Waals surface area (Å²) in [5.74, 6) is 2.26. The van der Waals surface area contributed by atoms with Gasteiger partial charge in [-0.1, -0.05) is 37.3 Å². The lowest BCUT2D eigenvalue weighted by Gasteiger charge is -2.24. The first-order valence-electron chi connectivity index (χ1n) is 9.99. The zero-order chi connectivity index (χ0) is 21.2. The maximum Gasteiger partial charge on any atom is 0.191 e. The summed E-state index contributed by atoms with van der Waals surface area (Å²) in [5, 5.41) is 17.3. The number of hydrogen-bond acceptors (Lipinski definition) is 4. The number of guanidine groups is 1. The van der Waals surface area contributed by atoms with Crippen LogP contribution in [0.5, 0.6) is 11.5 Å². The highest BCUT2D eigenvalue weighted by Gasteiger charge is 2.16. The largest absolute Gasteiger partial charge is 0.497 e. The number of nitrogens with one attached hydrogen (secondary N) is 2. The summed E-state index contributed by atoms with van der Waals surface area (Å²) in [4.78, 5) is 4.58. The maximum absolute atomic E-state index is 10.6. The lowest BCUT2D eigenvalue weighted by molar-refractivity contribution is 0.186. The Balaban J connectivity index is 0.00000450. The van der Waals surface area contributed by atoms with Crippen LogP contribution in [0.4, 0.5) is 0 Å². The molecule has 3 N–H and O–H groups in total. The van der Waals surface area contributed by atoms with Gasteiger partial charge < -0.3 is 25.2 Å². The summed E-state index contributed by atoms with van der Waals surface area (Å²) >= 11 is 0. The van der Waals surface area contributed by atoms with E-state index in [9.17, 15) is 5.11 Å². The molecule has 0 saturated heterocycles. The molecule has 166 valence electrons. The van der Waals surface area contributed by atoms with E-state index in [0.717, 1.165) is 6.54 Å². The van der Waals surface area contributed by atoms with Crippen LogP contribution in [-0.2, 0) is 0 Å². The van der Waals surface area contributed by atoms with Crippen molar-refractivity contribution in [1.29, 1.82) is 0 Å². The number of ether oxygens (including phenoxy) is 2. The van der Waals surface area contributed by atoms with E-state index in [1.54, 1.807) is 32.4 Å². The Morgan fingerprint density at radius 1 is 1.00 bits per heavy atom. The van der Waals surface area contributed by atoms with E-state index in [-0.39, 0.29) is 36.6 Å². The van der Waals surface area contributed by atoms with Crippen LogP contribution in [0.3, 0.4) is 0 Å². The Kier molecular flexibility index (Phi) is 11.6. The highest BCUT2D eigenvalue weighted by molar-refractivity contribution is 14.0. The van der Waals surface area contributed by atoms with Gasteiger partial charge in [0.2, 0.25) is 0 Å². The highest BCUT2D eigenvalue weighted by Crippen LogP contribution is 2.26. The van der Waals surface area contributed by atoms with Crippen LogP contribution in [0.25, 0.3) is 0 Å². The molecule has 0 aliphatic heterocycles. The average Bonchev–Trinajstić information content (AvgIpc) is 2.76. The van der Waals surface area contributed by atoms with E-state index in [1.807, 2.05) is 13.0 Å². The highest BCUT2D eigenvalue weighted by atomic mass is 127. The van der Waals surface area contributed by atoms with Gasteiger partial charge in [0.15, 0.2) is 5.96 Å². The van der Waals surface area contributed by atoms with Crippen LogP contribution in [-0.4, -0.2) is 44.4 Å². The molecule has 2 aromatic carbocycles. The van der Waals surface area contributed by atoms with Crippen molar-refractivity contribution < 1.29 is 14.6 Å². The van der Waals surface area contributed by atoms with Crippen LogP contribution in [0.1, 0.15) is 43.9 Å². The molecule has 30 heavy (non-hydrogen) atoms. The third kappa shape index (κ3) is 7.68. The van der Waals surface area contributed by atoms with Crippen molar-refractivity contribution in [3.8, 4) is 11.5 Å². The van der Waals surface area contributed by atoms with Crippen LogP contribution in [0.15, 0.2) is 53.5 Å². The van der Waals surface area contributed by atoms with E-state index in [0.29, 0.717) is 28.9 Å². The van der Waals surface area contributed by atoms with Crippen molar-refractivity contribution in [2.45, 2.75) is 38.8 Å². The summed E-state index contributed by atoms with van der Waals surface area (Å²) in [7, 11) is 3.18. The predicted octanol–water partition coefficient (Wildman–Crippen LogP) is 4.10. The first-order valence-corrected chi connectivity index (χ1v) is 9.99. The number of aliphatic imine (C=N–C) groups is 1. The molecule has 0 amide bonds. The molecule has 0 fully saturated rings. The Labute approximate surface area is 197 Å². The molecule has 0 heterocycles. The lowest BCUT2D eigenvalue weighted by atomic mass is 9.94. The lowest BCUT2D eigenvalue weighted by Crippen LogP contribution is -2.44. The summed E-state index contributed by atoms with van der Waals surface area (Å²) in [6.07, 6.45) is -0.767. The molecule has 0 radical (unpaired) electrons. The van der Waals surface area contributed by atoms with Gasteiger partial charge in [0.25, 0.3) is 0 Å². The Morgan fingerprint density at radius 2 is 1.60 bits per heavy atom. The standard InChI is InChI=1S/C23H33N3O3.HI/c1-6-24-23(26-17(3)16(2)18-10-8-7-9-11-18)25-15-22(27)19-12-20(28-4)14-21(13-19)29-5;/h7-14,16-17,22,27H,6,15H2,1-5H3,(H2,24,25,26);1H. The number of aliphatic hydroxyl groups excluding tert-OH is 1. The van der Waals surface area contributed by atoms with Crippen LogP contribution in [0, 0.1) is 0 Å². The van der Waals surface area contributed by atoms with E-state index in [4.69, 9.17) is 9.47 Å². The molecule has 3 atom stereocenters. The summed E-state index contributed by atoms with van der Waals surface area (Å²) in [5.41, 5.74) is 1.97. The SMILES string of the molecule is CCNC(=NCC(O)c1cc(OC)cc(OC)c1)NC(C)C(C)c1ccccc1.I. The molecule has 0 bridgehead atoms. The first kappa shape index (κ1) is 26.0. The van der Waals surface area contributed by atoms with Gasteiger partial charge in [0.1, 0.15) is 11.5 Å². The smallest absolute Gasteiger partial charge is 0.191 e. The Hall–Kier alpha value is -2.00. The van der Waals surface area contributed by atoms with Gasteiger partial charge in [-0.15, -0.1) is 24.0 Å². The number of methoxy groups -OCH3 is 2. The number of hydrogen-bond donors (Lipinski definition) is 3. The average molecular weight is 527 g/mol. The van der Waals surface area contributed by atoms with Gasteiger partial charge in [-0.25, -0.2) is 0 Å². The van der Waals surface area contributed by atoms with Crippen molar-refractivity contribution in [2.24, 2.45) is 4.99 Å². The van der Waals surface area contributed by atoms with Crippen molar-refractivity contribution >= 4 is 29.9 Å². The third-order valence-electron chi connectivity index (χ3n) is 4.96. The number of aliphatic hydroxyl groups is 1. The van der Waals surface area contributed by atoms with Crippen molar-refractivity contribution in [3.63, 3.8) is 0 Å². The topological polar surface area (TPSA) is 75.1 Å².